The highest BCUT2D eigenvalue weighted by Gasteiger charge is 2.13. The number of hydrogen-bond donors (Lipinski definition) is 1. The minimum Gasteiger partial charge on any atom is -0.507 e. The fourth-order valence-electron chi connectivity index (χ4n) is 2.61. The third-order valence-electron chi connectivity index (χ3n) is 3.97. The number of pyridine rings is 1. The third-order valence-corrected chi connectivity index (χ3v) is 3.97. The van der Waals surface area contributed by atoms with Crippen molar-refractivity contribution < 1.29 is 14.2 Å². The van der Waals surface area contributed by atoms with Gasteiger partial charge in [-0.2, -0.15) is 0 Å². The third kappa shape index (κ3) is 2.84. The van der Waals surface area contributed by atoms with E-state index in [9.17, 15) is 9.50 Å². The molecular formula is C19H18FNO2. The number of ether oxygens (including phenoxy) is 1. The summed E-state index contributed by atoms with van der Waals surface area (Å²) in [5, 5.41) is 11.1. The summed E-state index contributed by atoms with van der Waals surface area (Å²) in [6, 6.07) is 9.52. The smallest absolute Gasteiger partial charge is 0.131 e. The summed E-state index contributed by atoms with van der Waals surface area (Å²) < 4.78 is 18.8. The van der Waals surface area contributed by atoms with Gasteiger partial charge in [-0.05, 0) is 62.2 Å². The topological polar surface area (TPSA) is 42.4 Å². The van der Waals surface area contributed by atoms with Crippen LogP contribution in [-0.4, -0.2) is 10.1 Å². The van der Waals surface area contributed by atoms with Crippen LogP contribution in [0.4, 0.5) is 4.39 Å². The summed E-state index contributed by atoms with van der Waals surface area (Å²) in [5.74, 6) is 1.08. The van der Waals surface area contributed by atoms with Gasteiger partial charge in [0, 0.05) is 16.6 Å². The zero-order valence-electron chi connectivity index (χ0n) is 13.4. The van der Waals surface area contributed by atoms with Crippen molar-refractivity contribution in [2.45, 2.75) is 27.2 Å². The van der Waals surface area contributed by atoms with Crippen LogP contribution in [0, 0.1) is 19.7 Å². The molecule has 2 aromatic carbocycles. The monoisotopic (exact) mass is 311 g/mol. The molecule has 0 aliphatic heterocycles. The molecule has 1 N–H and O–H groups in total. The minimum atomic E-state index is -0.308. The SMILES string of the molecule is CCc1nc2cc(C)c(Oc3ccc(F)cc3)cc2c(O)c1C. The molecule has 1 aromatic heterocycles. The Kier molecular flexibility index (Phi) is 3.90. The first-order chi connectivity index (χ1) is 11.0. The largest absolute Gasteiger partial charge is 0.507 e. The predicted octanol–water partition coefficient (Wildman–Crippen LogP) is 5.05. The molecule has 0 unspecified atom stereocenters. The van der Waals surface area contributed by atoms with Gasteiger partial charge in [0.25, 0.3) is 0 Å². The number of aromatic hydroxyl groups is 1. The molecule has 23 heavy (non-hydrogen) atoms. The lowest BCUT2D eigenvalue weighted by molar-refractivity contribution is 0.470. The Balaban J connectivity index is 2.10. The summed E-state index contributed by atoms with van der Waals surface area (Å²) in [4.78, 5) is 4.61. The van der Waals surface area contributed by atoms with Crippen molar-refractivity contribution in [3.8, 4) is 17.2 Å². The Morgan fingerprint density at radius 1 is 1.13 bits per heavy atom. The number of aryl methyl sites for hydroxylation is 2. The first kappa shape index (κ1) is 15.3. The van der Waals surface area contributed by atoms with E-state index in [1.165, 1.54) is 12.1 Å². The Morgan fingerprint density at radius 3 is 2.48 bits per heavy atom. The van der Waals surface area contributed by atoms with Gasteiger partial charge in [0.15, 0.2) is 0 Å². The molecule has 0 atom stereocenters. The van der Waals surface area contributed by atoms with Crippen LogP contribution in [0.1, 0.15) is 23.7 Å². The average molecular weight is 311 g/mol. The molecule has 3 aromatic rings. The highest BCUT2D eigenvalue weighted by molar-refractivity contribution is 5.88. The van der Waals surface area contributed by atoms with Crippen LogP contribution in [0.2, 0.25) is 0 Å². The highest BCUT2D eigenvalue weighted by atomic mass is 19.1. The van der Waals surface area contributed by atoms with Crippen LogP contribution < -0.4 is 4.74 Å². The zero-order chi connectivity index (χ0) is 16.6. The molecule has 1 heterocycles. The molecule has 0 aliphatic carbocycles. The lowest BCUT2D eigenvalue weighted by Crippen LogP contribution is -1.96. The second kappa shape index (κ2) is 5.88. The van der Waals surface area contributed by atoms with Gasteiger partial charge in [0.05, 0.1) is 5.52 Å². The van der Waals surface area contributed by atoms with Crippen molar-refractivity contribution in [1.82, 2.24) is 4.98 Å². The molecule has 0 amide bonds. The zero-order valence-corrected chi connectivity index (χ0v) is 13.4. The number of halogens is 1. The van der Waals surface area contributed by atoms with E-state index >= 15 is 0 Å². The number of hydrogen-bond acceptors (Lipinski definition) is 3. The minimum absolute atomic E-state index is 0.232. The van der Waals surface area contributed by atoms with Crippen LogP contribution in [0.5, 0.6) is 17.2 Å². The summed E-state index contributed by atoms with van der Waals surface area (Å²) in [6.45, 7) is 5.79. The average Bonchev–Trinajstić information content (AvgIpc) is 2.54. The van der Waals surface area contributed by atoms with Crippen LogP contribution in [0.3, 0.4) is 0 Å². The Morgan fingerprint density at radius 2 is 1.83 bits per heavy atom. The second-order valence-corrected chi connectivity index (χ2v) is 5.58. The van der Waals surface area contributed by atoms with Crippen LogP contribution in [-0.2, 0) is 6.42 Å². The number of fused-ring (bicyclic) bond motifs is 1. The van der Waals surface area contributed by atoms with E-state index in [0.717, 1.165) is 28.8 Å². The molecule has 0 fully saturated rings. The maximum atomic E-state index is 13.0. The van der Waals surface area contributed by atoms with E-state index in [4.69, 9.17) is 4.74 Å². The van der Waals surface area contributed by atoms with E-state index in [2.05, 4.69) is 4.98 Å². The summed E-state index contributed by atoms with van der Waals surface area (Å²) in [5.41, 5.74) is 3.33. The maximum Gasteiger partial charge on any atom is 0.131 e. The quantitative estimate of drug-likeness (QED) is 0.736. The molecule has 4 heteroatoms. The van der Waals surface area contributed by atoms with Gasteiger partial charge in [-0.1, -0.05) is 6.92 Å². The van der Waals surface area contributed by atoms with E-state index in [-0.39, 0.29) is 11.6 Å². The van der Waals surface area contributed by atoms with Crippen molar-refractivity contribution >= 4 is 10.9 Å². The van der Waals surface area contributed by atoms with E-state index in [1.807, 2.05) is 26.8 Å². The molecular weight excluding hydrogens is 293 g/mol. The van der Waals surface area contributed by atoms with Crippen LogP contribution >= 0.6 is 0 Å². The Bertz CT molecular complexity index is 873. The van der Waals surface area contributed by atoms with E-state index in [0.29, 0.717) is 16.9 Å². The second-order valence-electron chi connectivity index (χ2n) is 5.58. The van der Waals surface area contributed by atoms with Gasteiger partial charge in [-0.15, -0.1) is 0 Å². The van der Waals surface area contributed by atoms with Gasteiger partial charge in [-0.3, -0.25) is 4.98 Å². The number of nitrogens with zero attached hydrogens (tertiary/aromatic N) is 1. The van der Waals surface area contributed by atoms with Gasteiger partial charge in [0.1, 0.15) is 23.1 Å². The standard InChI is InChI=1S/C19H18FNO2/c1-4-16-12(3)19(22)15-10-18(11(2)9-17(15)21-16)23-14-7-5-13(20)6-8-14/h5-10H,4H2,1-3H3,(H,21,22). The van der Waals surface area contributed by atoms with E-state index < -0.39 is 0 Å². The summed E-state index contributed by atoms with van der Waals surface area (Å²) >= 11 is 0. The lowest BCUT2D eigenvalue weighted by atomic mass is 10.0. The summed E-state index contributed by atoms with van der Waals surface area (Å²) in [7, 11) is 0. The number of rotatable bonds is 3. The molecule has 0 radical (unpaired) electrons. The fourth-order valence-corrected chi connectivity index (χ4v) is 2.61. The van der Waals surface area contributed by atoms with Crippen molar-refractivity contribution in [2.24, 2.45) is 0 Å². The molecule has 118 valence electrons. The molecule has 0 saturated heterocycles. The van der Waals surface area contributed by atoms with E-state index in [1.54, 1.807) is 18.2 Å². The molecule has 0 saturated carbocycles. The highest BCUT2D eigenvalue weighted by Crippen LogP contribution is 2.35. The van der Waals surface area contributed by atoms with Gasteiger partial charge >= 0.3 is 0 Å². The molecule has 0 aliphatic rings. The van der Waals surface area contributed by atoms with Gasteiger partial charge in [0.2, 0.25) is 0 Å². The van der Waals surface area contributed by atoms with Crippen molar-refractivity contribution in [3.05, 3.63) is 59.0 Å². The molecule has 3 nitrogen and oxygen atoms in total. The summed E-state index contributed by atoms with van der Waals surface area (Å²) in [6.07, 6.45) is 0.766. The lowest BCUT2D eigenvalue weighted by Gasteiger charge is -2.13. The van der Waals surface area contributed by atoms with Gasteiger partial charge < -0.3 is 9.84 Å². The van der Waals surface area contributed by atoms with Gasteiger partial charge in [-0.25, -0.2) is 4.39 Å². The fraction of sp³-hybridized carbons (Fsp3) is 0.211. The maximum absolute atomic E-state index is 13.0. The molecule has 0 spiro atoms. The van der Waals surface area contributed by atoms with Crippen LogP contribution in [0.25, 0.3) is 10.9 Å². The van der Waals surface area contributed by atoms with Crippen molar-refractivity contribution in [1.29, 1.82) is 0 Å². The van der Waals surface area contributed by atoms with Crippen LogP contribution in [0.15, 0.2) is 36.4 Å². The normalized spacial score (nSPS) is 11.0. The first-order valence-electron chi connectivity index (χ1n) is 7.55. The predicted molar refractivity (Wildman–Crippen MR) is 88.7 cm³/mol. The number of aromatic nitrogens is 1. The van der Waals surface area contributed by atoms with Crippen molar-refractivity contribution in [2.75, 3.05) is 0 Å². The van der Waals surface area contributed by atoms with Crippen molar-refractivity contribution in [3.63, 3.8) is 0 Å². The first-order valence-corrected chi connectivity index (χ1v) is 7.55. The Labute approximate surface area is 134 Å². The molecule has 3 rings (SSSR count). The number of benzene rings is 2. The Hall–Kier alpha value is -2.62. The molecule has 0 bridgehead atoms.